The van der Waals surface area contributed by atoms with E-state index < -0.39 is 6.61 Å². The van der Waals surface area contributed by atoms with Crippen LogP contribution >= 0.6 is 0 Å². The van der Waals surface area contributed by atoms with Crippen molar-refractivity contribution in [2.24, 2.45) is 4.99 Å². The van der Waals surface area contributed by atoms with E-state index in [1.807, 2.05) is 0 Å². The molecule has 0 saturated heterocycles. The van der Waals surface area contributed by atoms with Gasteiger partial charge in [0.2, 0.25) is 0 Å². The van der Waals surface area contributed by atoms with Crippen LogP contribution in [0.5, 0.6) is 11.5 Å². The molecule has 124 valence electrons. The predicted octanol–water partition coefficient (Wildman–Crippen LogP) is 2.76. The molecule has 0 saturated carbocycles. The summed E-state index contributed by atoms with van der Waals surface area (Å²) in [6.07, 6.45) is 0.968. The number of nitrogens with zero attached hydrogens (tertiary/aromatic N) is 1. The molecule has 1 aromatic rings. The number of alkyl halides is 2. The quantitative estimate of drug-likeness (QED) is 0.600. The smallest absolute Gasteiger partial charge is 0.387 e. The van der Waals surface area contributed by atoms with Gasteiger partial charge in [-0.3, -0.25) is 4.99 Å². The number of hydrogen-bond acceptors (Lipinski definition) is 3. The van der Waals surface area contributed by atoms with Gasteiger partial charge in [0.1, 0.15) is 0 Å². The van der Waals surface area contributed by atoms with Crippen LogP contribution in [-0.2, 0) is 6.54 Å². The van der Waals surface area contributed by atoms with Crippen molar-refractivity contribution in [3.63, 3.8) is 0 Å². The Bertz CT molecular complexity index is 496. The van der Waals surface area contributed by atoms with Gasteiger partial charge in [-0.25, -0.2) is 0 Å². The summed E-state index contributed by atoms with van der Waals surface area (Å²) in [5.74, 6) is 0.939. The second-order valence-electron chi connectivity index (χ2n) is 4.74. The second-order valence-corrected chi connectivity index (χ2v) is 4.74. The molecular weight excluding hydrogens is 292 g/mol. The summed E-state index contributed by atoms with van der Waals surface area (Å²) in [5.41, 5.74) is 0.781. The number of ether oxygens (including phenoxy) is 2. The van der Waals surface area contributed by atoms with Crippen molar-refractivity contribution in [2.45, 2.75) is 39.5 Å². The van der Waals surface area contributed by atoms with E-state index in [2.05, 4.69) is 34.2 Å². The summed E-state index contributed by atoms with van der Waals surface area (Å²) in [4.78, 5) is 4.11. The predicted molar refractivity (Wildman–Crippen MR) is 82.7 cm³/mol. The average molecular weight is 315 g/mol. The molecule has 0 aliphatic heterocycles. The average Bonchev–Trinajstić information content (AvgIpc) is 2.50. The largest absolute Gasteiger partial charge is 0.493 e. The van der Waals surface area contributed by atoms with E-state index >= 15 is 0 Å². The lowest BCUT2D eigenvalue weighted by Gasteiger charge is -2.17. The van der Waals surface area contributed by atoms with Crippen LogP contribution in [0.4, 0.5) is 8.78 Å². The Hall–Kier alpha value is -2.05. The zero-order chi connectivity index (χ0) is 16.5. The number of aliphatic imine (C=N–C) groups is 1. The second kappa shape index (κ2) is 9.07. The zero-order valence-corrected chi connectivity index (χ0v) is 13.3. The van der Waals surface area contributed by atoms with Gasteiger partial charge in [0, 0.05) is 19.6 Å². The van der Waals surface area contributed by atoms with Crippen LogP contribution in [0.15, 0.2) is 23.2 Å². The molecule has 1 atom stereocenters. The van der Waals surface area contributed by atoms with Crippen molar-refractivity contribution >= 4 is 5.96 Å². The first-order valence-corrected chi connectivity index (χ1v) is 7.09. The van der Waals surface area contributed by atoms with Crippen LogP contribution in [0.3, 0.4) is 0 Å². The van der Waals surface area contributed by atoms with Crippen LogP contribution in [0.25, 0.3) is 0 Å². The van der Waals surface area contributed by atoms with Crippen molar-refractivity contribution in [1.82, 2.24) is 10.6 Å². The molecule has 0 radical (unpaired) electrons. The molecule has 1 rings (SSSR count). The van der Waals surface area contributed by atoms with Crippen LogP contribution in [0, 0.1) is 0 Å². The number of hydrogen-bond donors (Lipinski definition) is 2. The van der Waals surface area contributed by atoms with Crippen molar-refractivity contribution in [3.8, 4) is 11.5 Å². The Morgan fingerprint density at radius 2 is 2.05 bits per heavy atom. The van der Waals surface area contributed by atoms with E-state index in [0.717, 1.165) is 12.0 Å². The van der Waals surface area contributed by atoms with E-state index in [1.54, 1.807) is 19.2 Å². The van der Waals surface area contributed by atoms with Gasteiger partial charge in [-0.1, -0.05) is 13.0 Å². The minimum atomic E-state index is -2.89. The summed E-state index contributed by atoms with van der Waals surface area (Å²) in [6.45, 7) is 1.66. The van der Waals surface area contributed by atoms with E-state index in [9.17, 15) is 8.78 Å². The molecule has 2 N–H and O–H groups in total. The summed E-state index contributed by atoms with van der Waals surface area (Å²) in [7, 11) is 3.08. The standard InChI is InChI=1S/C15H23F2N3O2/c1-5-10(2)20-15(18-3)19-9-11-6-7-12(21-4)13(8-11)22-14(16)17/h6-8,10,14H,5,9H2,1-4H3,(H2,18,19,20). The molecule has 1 aromatic carbocycles. The normalized spacial score (nSPS) is 13.0. The lowest BCUT2D eigenvalue weighted by molar-refractivity contribution is -0.0512. The van der Waals surface area contributed by atoms with Crippen molar-refractivity contribution in [1.29, 1.82) is 0 Å². The zero-order valence-electron chi connectivity index (χ0n) is 13.3. The van der Waals surface area contributed by atoms with Crippen LogP contribution in [0.2, 0.25) is 0 Å². The highest BCUT2D eigenvalue weighted by Gasteiger charge is 2.11. The minimum absolute atomic E-state index is 0.0154. The Morgan fingerprint density at radius 3 is 2.59 bits per heavy atom. The Kier molecular flexibility index (Phi) is 7.42. The Morgan fingerprint density at radius 1 is 1.32 bits per heavy atom. The molecule has 0 bridgehead atoms. The third-order valence-corrected chi connectivity index (χ3v) is 3.12. The van der Waals surface area contributed by atoms with Crippen molar-refractivity contribution < 1.29 is 18.3 Å². The molecule has 7 heteroatoms. The third-order valence-electron chi connectivity index (χ3n) is 3.12. The molecular formula is C15H23F2N3O2. The fourth-order valence-electron chi connectivity index (χ4n) is 1.74. The first-order valence-electron chi connectivity index (χ1n) is 7.09. The molecule has 5 nitrogen and oxygen atoms in total. The summed E-state index contributed by atoms with van der Waals surface area (Å²) >= 11 is 0. The molecule has 1 unspecified atom stereocenters. The Labute approximate surface area is 129 Å². The van der Waals surface area contributed by atoms with E-state index in [-0.39, 0.29) is 11.5 Å². The summed E-state index contributed by atoms with van der Waals surface area (Å²) in [5, 5.41) is 6.34. The highest BCUT2D eigenvalue weighted by atomic mass is 19.3. The SMILES string of the molecule is CCC(C)NC(=NC)NCc1ccc(OC)c(OC(F)F)c1. The van der Waals surface area contributed by atoms with Gasteiger partial charge in [0.25, 0.3) is 0 Å². The molecule has 0 heterocycles. The molecule has 0 aliphatic rings. The van der Waals surface area contributed by atoms with Gasteiger partial charge in [0.05, 0.1) is 7.11 Å². The van der Waals surface area contributed by atoms with Crippen LogP contribution in [-0.4, -0.2) is 32.8 Å². The molecule has 0 amide bonds. The highest BCUT2D eigenvalue weighted by Crippen LogP contribution is 2.29. The fraction of sp³-hybridized carbons (Fsp3) is 0.533. The number of guanidine groups is 1. The van der Waals surface area contributed by atoms with Crippen molar-refractivity contribution in [3.05, 3.63) is 23.8 Å². The lowest BCUT2D eigenvalue weighted by Crippen LogP contribution is -2.41. The Balaban J connectivity index is 2.73. The number of halogens is 2. The maximum Gasteiger partial charge on any atom is 0.387 e. The summed E-state index contributed by atoms with van der Waals surface area (Å²) < 4.78 is 34.3. The number of benzene rings is 1. The van der Waals surface area contributed by atoms with Crippen LogP contribution in [0.1, 0.15) is 25.8 Å². The molecule has 22 heavy (non-hydrogen) atoms. The van der Waals surface area contributed by atoms with Gasteiger partial charge in [0.15, 0.2) is 17.5 Å². The molecule has 0 fully saturated rings. The monoisotopic (exact) mass is 315 g/mol. The van der Waals surface area contributed by atoms with E-state index in [1.165, 1.54) is 13.2 Å². The van der Waals surface area contributed by atoms with Crippen molar-refractivity contribution in [2.75, 3.05) is 14.2 Å². The van der Waals surface area contributed by atoms with Gasteiger partial charge in [-0.15, -0.1) is 0 Å². The topological polar surface area (TPSA) is 54.9 Å². The highest BCUT2D eigenvalue weighted by molar-refractivity contribution is 5.79. The molecule has 0 spiro atoms. The fourth-order valence-corrected chi connectivity index (χ4v) is 1.74. The summed E-state index contributed by atoms with van der Waals surface area (Å²) in [6, 6.07) is 5.19. The van der Waals surface area contributed by atoms with Gasteiger partial charge >= 0.3 is 6.61 Å². The number of rotatable bonds is 7. The van der Waals surface area contributed by atoms with E-state index in [0.29, 0.717) is 18.5 Å². The maximum absolute atomic E-state index is 12.4. The minimum Gasteiger partial charge on any atom is -0.493 e. The molecule has 0 aliphatic carbocycles. The number of nitrogens with one attached hydrogen (secondary N) is 2. The van der Waals surface area contributed by atoms with Gasteiger partial charge in [-0.2, -0.15) is 8.78 Å². The first kappa shape index (κ1) is 18.0. The van der Waals surface area contributed by atoms with Gasteiger partial charge < -0.3 is 20.1 Å². The number of methoxy groups -OCH3 is 1. The third kappa shape index (κ3) is 5.75. The van der Waals surface area contributed by atoms with Gasteiger partial charge in [-0.05, 0) is 31.0 Å². The van der Waals surface area contributed by atoms with Crippen LogP contribution < -0.4 is 20.1 Å². The maximum atomic E-state index is 12.4. The molecule has 0 aromatic heterocycles. The van der Waals surface area contributed by atoms with E-state index in [4.69, 9.17) is 4.74 Å². The lowest BCUT2D eigenvalue weighted by atomic mass is 10.2. The first-order chi connectivity index (χ1) is 10.5.